The van der Waals surface area contributed by atoms with Crippen molar-refractivity contribution < 1.29 is 9.47 Å². The van der Waals surface area contributed by atoms with Crippen molar-refractivity contribution >= 4 is 5.95 Å². The summed E-state index contributed by atoms with van der Waals surface area (Å²) in [6.07, 6.45) is 2.20. The van der Waals surface area contributed by atoms with Crippen LogP contribution in [0.2, 0.25) is 0 Å². The van der Waals surface area contributed by atoms with Gasteiger partial charge < -0.3 is 19.7 Å². The van der Waals surface area contributed by atoms with Crippen LogP contribution in [0.5, 0.6) is 5.88 Å². The van der Waals surface area contributed by atoms with Crippen molar-refractivity contribution in [3.63, 3.8) is 0 Å². The molecule has 0 saturated carbocycles. The Hall–Kier alpha value is -1.40. The van der Waals surface area contributed by atoms with Gasteiger partial charge in [-0.3, -0.25) is 0 Å². The molecule has 2 heterocycles. The number of nitrogens with one attached hydrogen (secondary N) is 1. The molecule has 6 heteroatoms. The summed E-state index contributed by atoms with van der Waals surface area (Å²) in [7, 11) is 3.37. The third-order valence-electron chi connectivity index (χ3n) is 3.57. The Morgan fingerprint density at radius 2 is 2.05 bits per heavy atom. The molecule has 112 valence electrons. The van der Waals surface area contributed by atoms with Crippen molar-refractivity contribution in [3.05, 3.63) is 11.8 Å². The first-order chi connectivity index (χ1) is 9.71. The van der Waals surface area contributed by atoms with Gasteiger partial charge >= 0.3 is 0 Å². The number of ether oxygens (including phenoxy) is 2. The molecule has 1 aromatic rings. The maximum absolute atomic E-state index is 5.17. The predicted molar refractivity (Wildman–Crippen MR) is 78.3 cm³/mol. The summed E-state index contributed by atoms with van der Waals surface area (Å²) < 4.78 is 10.3. The highest BCUT2D eigenvalue weighted by Gasteiger charge is 2.19. The molecule has 0 aliphatic carbocycles. The number of anilines is 1. The van der Waals surface area contributed by atoms with Gasteiger partial charge in [-0.2, -0.15) is 4.98 Å². The van der Waals surface area contributed by atoms with Gasteiger partial charge in [0.05, 0.1) is 13.7 Å². The molecule has 1 saturated heterocycles. The van der Waals surface area contributed by atoms with E-state index in [1.807, 2.05) is 13.0 Å². The lowest BCUT2D eigenvalue weighted by molar-refractivity contribution is 0.132. The molecule has 0 bridgehead atoms. The van der Waals surface area contributed by atoms with Crippen molar-refractivity contribution in [2.45, 2.75) is 25.8 Å². The Kier molecular flexibility index (Phi) is 5.55. The van der Waals surface area contributed by atoms with Gasteiger partial charge in [0.1, 0.15) is 0 Å². The highest BCUT2D eigenvalue weighted by Crippen LogP contribution is 2.16. The first-order valence-electron chi connectivity index (χ1n) is 7.08. The molecule has 1 fully saturated rings. The van der Waals surface area contributed by atoms with Gasteiger partial charge in [0.2, 0.25) is 11.8 Å². The fourth-order valence-electron chi connectivity index (χ4n) is 2.41. The van der Waals surface area contributed by atoms with Gasteiger partial charge in [0, 0.05) is 44.5 Å². The molecule has 0 unspecified atom stereocenters. The second kappa shape index (κ2) is 7.40. The minimum atomic E-state index is 0.431. The second-order valence-electron chi connectivity index (χ2n) is 5.13. The monoisotopic (exact) mass is 280 g/mol. The third-order valence-corrected chi connectivity index (χ3v) is 3.57. The van der Waals surface area contributed by atoms with Gasteiger partial charge in [-0.1, -0.05) is 0 Å². The van der Waals surface area contributed by atoms with Crippen molar-refractivity contribution in [2.75, 3.05) is 45.8 Å². The molecular formula is C14H24N4O2. The molecule has 1 aromatic heterocycles. The number of hydrogen-bond acceptors (Lipinski definition) is 6. The molecular weight excluding hydrogens is 256 g/mol. The second-order valence-corrected chi connectivity index (χ2v) is 5.13. The van der Waals surface area contributed by atoms with Crippen LogP contribution in [0.3, 0.4) is 0 Å². The van der Waals surface area contributed by atoms with Gasteiger partial charge in [0.25, 0.3) is 0 Å². The standard InChI is InChI=1S/C14H24N4O2/c1-11-10-13(20-3)17-14(15-11)16-12-4-6-18(7-5-12)8-9-19-2/h10,12H,4-9H2,1-3H3,(H,15,16,17). The molecule has 1 N–H and O–H groups in total. The van der Waals surface area contributed by atoms with Crippen LogP contribution in [0, 0.1) is 6.92 Å². The number of aryl methyl sites for hydroxylation is 1. The van der Waals surface area contributed by atoms with Crippen LogP contribution in [-0.2, 0) is 4.74 Å². The minimum absolute atomic E-state index is 0.431. The van der Waals surface area contributed by atoms with E-state index in [0.29, 0.717) is 17.9 Å². The number of hydrogen-bond donors (Lipinski definition) is 1. The van der Waals surface area contributed by atoms with Crippen LogP contribution in [0.1, 0.15) is 18.5 Å². The zero-order valence-electron chi connectivity index (χ0n) is 12.6. The van der Waals surface area contributed by atoms with Gasteiger partial charge in [-0.05, 0) is 19.8 Å². The van der Waals surface area contributed by atoms with Crippen LogP contribution in [-0.4, -0.2) is 61.4 Å². The molecule has 0 aromatic carbocycles. The lowest BCUT2D eigenvalue weighted by Crippen LogP contribution is -2.40. The Balaban J connectivity index is 1.84. The van der Waals surface area contributed by atoms with Crippen molar-refractivity contribution in [3.8, 4) is 5.88 Å². The largest absolute Gasteiger partial charge is 0.481 e. The lowest BCUT2D eigenvalue weighted by Gasteiger charge is -2.32. The van der Waals surface area contributed by atoms with Gasteiger partial charge in [-0.15, -0.1) is 0 Å². The summed E-state index contributed by atoms with van der Waals surface area (Å²) in [6.45, 7) is 5.94. The van der Waals surface area contributed by atoms with Crippen LogP contribution < -0.4 is 10.1 Å². The molecule has 0 amide bonds. The predicted octanol–water partition coefficient (Wildman–Crippen LogP) is 1.32. The number of likely N-dealkylation sites (tertiary alicyclic amines) is 1. The van der Waals surface area contributed by atoms with Crippen LogP contribution >= 0.6 is 0 Å². The topological polar surface area (TPSA) is 59.5 Å². The highest BCUT2D eigenvalue weighted by molar-refractivity contribution is 5.31. The lowest BCUT2D eigenvalue weighted by atomic mass is 10.1. The van der Waals surface area contributed by atoms with Crippen molar-refractivity contribution in [1.82, 2.24) is 14.9 Å². The quantitative estimate of drug-likeness (QED) is 0.848. The smallest absolute Gasteiger partial charge is 0.226 e. The fourth-order valence-corrected chi connectivity index (χ4v) is 2.41. The summed E-state index contributed by atoms with van der Waals surface area (Å²) in [6, 6.07) is 2.26. The van der Waals surface area contributed by atoms with E-state index in [1.54, 1.807) is 14.2 Å². The van der Waals surface area contributed by atoms with E-state index in [-0.39, 0.29) is 0 Å². The van der Waals surface area contributed by atoms with Crippen molar-refractivity contribution in [2.24, 2.45) is 0 Å². The third kappa shape index (κ3) is 4.31. The van der Waals surface area contributed by atoms with Crippen LogP contribution in [0.25, 0.3) is 0 Å². The van der Waals surface area contributed by atoms with Crippen LogP contribution in [0.4, 0.5) is 5.95 Å². The molecule has 1 aliphatic heterocycles. The van der Waals surface area contributed by atoms with Crippen molar-refractivity contribution in [1.29, 1.82) is 0 Å². The zero-order chi connectivity index (χ0) is 14.4. The van der Waals surface area contributed by atoms with Crippen LogP contribution in [0.15, 0.2) is 6.07 Å². The highest BCUT2D eigenvalue weighted by atomic mass is 16.5. The Bertz CT molecular complexity index is 420. The molecule has 0 spiro atoms. The molecule has 0 radical (unpaired) electrons. The number of aromatic nitrogens is 2. The maximum atomic E-state index is 5.17. The fraction of sp³-hybridized carbons (Fsp3) is 0.714. The van der Waals surface area contributed by atoms with Gasteiger partial charge in [-0.25, -0.2) is 4.98 Å². The molecule has 0 atom stereocenters. The molecule has 20 heavy (non-hydrogen) atoms. The van der Waals surface area contributed by atoms with E-state index in [4.69, 9.17) is 9.47 Å². The number of rotatable bonds is 6. The molecule has 2 rings (SSSR count). The maximum Gasteiger partial charge on any atom is 0.226 e. The summed E-state index contributed by atoms with van der Waals surface area (Å²) >= 11 is 0. The van der Waals surface area contributed by atoms with E-state index >= 15 is 0 Å². The summed E-state index contributed by atoms with van der Waals surface area (Å²) in [5.41, 5.74) is 0.914. The Morgan fingerprint density at radius 3 is 2.70 bits per heavy atom. The number of methoxy groups -OCH3 is 2. The first-order valence-corrected chi connectivity index (χ1v) is 7.08. The van der Waals surface area contributed by atoms with E-state index in [1.165, 1.54) is 0 Å². The van der Waals surface area contributed by atoms with E-state index in [0.717, 1.165) is 44.8 Å². The average Bonchev–Trinajstić information content (AvgIpc) is 2.46. The summed E-state index contributed by atoms with van der Waals surface area (Å²) in [5.74, 6) is 1.27. The number of nitrogens with zero attached hydrogens (tertiary/aromatic N) is 3. The van der Waals surface area contributed by atoms with E-state index in [2.05, 4.69) is 20.2 Å². The average molecular weight is 280 g/mol. The zero-order valence-corrected chi connectivity index (χ0v) is 12.6. The molecule has 6 nitrogen and oxygen atoms in total. The Labute approximate surface area is 120 Å². The SMILES string of the molecule is COCCN1CCC(Nc2nc(C)cc(OC)n2)CC1. The summed E-state index contributed by atoms with van der Waals surface area (Å²) in [4.78, 5) is 11.2. The Morgan fingerprint density at radius 1 is 1.30 bits per heavy atom. The van der Waals surface area contributed by atoms with Gasteiger partial charge in [0.15, 0.2) is 0 Å². The number of piperidine rings is 1. The first kappa shape index (κ1) is 15.0. The summed E-state index contributed by atoms with van der Waals surface area (Å²) in [5, 5.41) is 3.41. The minimum Gasteiger partial charge on any atom is -0.481 e. The van der Waals surface area contributed by atoms with E-state index < -0.39 is 0 Å². The van der Waals surface area contributed by atoms with E-state index in [9.17, 15) is 0 Å². The normalized spacial score (nSPS) is 17.1. The molecule has 1 aliphatic rings.